The summed E-state index contributed by atoms with van der Waals surface area (Å²) >= 11 is 6.19. The Bertz CT molecular complexity index is 1120. The van der Waals surface area contributed by atoms with Crippen molar-refractivity contribution in [2.24, 2.45) is 0 Å². The summed E-state index contributed by atoms with van der Waals surface area (Å²) in [5, 5.41) is 11.3. The Labute approximate surface area is 183 Å². The number of allylic oxidation sites excluding steroid dienone is 1. The Balaban J connectivity index is 2.12. The molecule has 1 aliphatic rings. The van der Waals surface area contributed by atoms with Crippen LogP contribution in [0.3, 0.4) is 0 Å². The topological polar surface area (TPSA) is 99.0 Å². The van der Waals surface area contributed by atoms with Gasteiger partial charge in [-0.2, -0.15) is 0 Å². The average Bonchev–Trinajstić information content (AvgIpc) is 2.99. The van der Waals surface area contributed by atoms with Gasteiger partial charge in [-0.1, -0.05) is 11.6 Å². The molecule has 0 spiro atoms. The number of nitro benzene ring substituents is 1. The van der Waals surface area contributed by atoms with Crippen molar-refractivity contribution in [2.75, 3.05) is 18.6 Å². The molecule has 0 bridgehead atoms. The van der Waals surface area contributed by atoms with Crippen LogP contribution in [0.15, 0.2) is 59.3 Å². The molecular formula is C22H19ClN2O6. The van der Waals surface area contributed by atoms with Crippen molar-refractivity contribution in [3.63, 3.8) is 0 Å². The van der Waals surface area contributed by atoms with Crippen LogP contribution in [0.4, 0.5) is 11.4 Å². The van der Waals surface area contributed by atoms with Gasteiger partial charge in [0.25, 0.3) is 11.6 Å². The smallest absolute Gasteiger partial charge is 0.340 e. The van der Waals surface area contributed by atoms with Gasteiger partial charge in [-0.3, -0.25) is 19.8 Å². The molecule has 1 heterocycles. The summed E-state index contributed by atoms with van der Waals surface area (Å²) in [4.78, 5) is 37.7. The van der Waals surface area contributed by atoms with Crippen LogP contribution in [0.5, 0.6) is 5.75 Å². The summed E-state index contributed by atoms with van der Waals surface area (Å²) in [5.41, 5.74) is 1.03. The molecule has 1 amide bonds. The lowest BCUT2D eigenvalue weighted by Gasteiger charge is -2.18. The molecule has 160 valence electrons. The molecule has 0 aromatic heterocycles. The molecule has 9 heteroatoms. The second kappa shape index (κ2) is 9.01. The van der Waals surface area contributed by atoms with Crippen molar-refractivity contribution in [3.8, 4) is 5.75 Å². The zero-order valence-electron chi connectivity index (χ0n) is 17.0. The van der Waals surface area contributed by atoms with Gasteiger partial charge in [-0.25, -0.2) is 4.79 Å². The second-order valence-electron chi connectivity index (χ2n) is 6.54. The monoisotopic (exact) mass is 442 g/mol. The van der Waals surface area contributed by atoms with E-state index in [1.807, 2.05) is 6.92 Å². The van der Waals surface area contributed by atoms with E-state index >= 15 is 0 Å². The van der Waals surface area contributed by atoms with Crippen LogP contribution in [0.1, 0.15) is 19.4 Å². The van der Waals surface area contributed by atoms with E-state index in [1.165, 1.54) is 36.3 Å². The maximum atomic E-state index is 13.3. The Hall–Kier alpha value is -3.65. The summed E-state index contributed by atoms with van der Waals surface area (Å²) in [5.74, 6) is -0.538. The number of nitrogens with zero attached hydrogens (tertiary/aromatic N) is 2. The minimum absolute atomic E-state index is 0.0284. The number of rotatable bonds is 6. The standard InChI is InChI=1S/C22H19ClN2O6/c1-4-31-17-8-5-15(6-9-17)24-13(2)20(22(27)30-3)18(21(24)26)12-14-11-16(25(28)29)7-10-19(14)23/h5-12H,4H2,1-3H3/b18-12-. The number of methoxy groups -OCH3 is 1. The number of ether oxygens (including phenoxy) is 2. The number of halogens is 1. The fourth-order valence-corrected chi connectivity index (χ4v) is 3.43. The summed E-state index contributed by atoms with van der Waals surface area (Å²) < 4.78 is 10.3. The molecule has 1 aliphatic heterocycles. The molecule has 8 nitrogen and oxygen atoms in total. The number of amides is 1. The Morgan fingerprint density at radius 3 is 2.48 bits per heavy atom. The van der Waals surface area contributed by atoms with E-state index in [2.05, 4.69) is 0 Å². The van der Waals surface area contributed by atoms with Crippen molar-refractivity contribution in [2.45, 2.75) is 13.8 Å². The van der Waals surface area contributed by atoms with Crippen molar-refractivity contribution in [1.82, 2.24) is 0 Å². The Morgan fingerprint density at radius 2 is 1.90 bits per heavy atom. The highest BCUT2D eigenvalue weighted by molar-refractivity contribution is 6.32. The Kier molecular flexibility index (Phi) is 6.41. The maximum absolute atomic E-state index is 13.3. The second-order valence-corrected chi connectivity index (χ2v) is 6.95. The first-order chi connectivity index (χ1) is 14.8. The number of non-ortho nitro benzene ring substituents is 1. The molecule has 3 rings (SSSR count). The van der Waals surface area contributed by atoms with Crippen LogP contribution < -0.4 is 9.64 Å². The van der Waals surface area contributed by atoms with Crippen molar-refractivity contribution in [3.05, 3.63) is 80.0 Å². The van der Waals surface area contributed by atoms with Crippen LogP contribution in [-0.4, -0.2) is 30.5 Å². The molecule has 0 saturated heterocycles. The summed E-state index contributed by atoms with van der Waals surface area (Å²) in [7, 11) is 1.21. The number of benzene rings is 2. The molecule has 0 atom stereocenters. The van der Waals surface area contributed by atoms with Gasteiger partial charge in [0.1, 0.15) is 5.75 Å². The van der Waals surface area contributed by atoms with Gasteiger partial charge in [0.2, 0.25) is 0 Å². The Morgan fingerprint density at radius 1 is 1.23 bits per heavy atom. The minimum atomic E-state index is -0.702. The summed E-state index contributed by atoms with van der Waals surface area (Å²) in [6.07, 6.45) is 1.36. The number of hydrogen-bond acceptors (Lipinski definition) is 6. The molecule has 0 radical (unpaired) electrons. The average molecular weight is 443 g/mol. The van der Waals surface area contributed by atoms with Crippen LogP contribution >= 0.6 is 11.6 Å². The zero-order valence-corrected chi connectivity index (χ0v) is 17.8. The van der Waals surface area contributed by atoms with Crippen LogP contribution in [0.25, 0.3) is 6.08 Å². The van der Waals surface area contributed by atoms with E-state index in [0.717, 1.165) is 0 Å². The SMILES string of the molecule is CCOc1ccc(N2C(=O)/C(=C\c3cc([N+](=O)[O-])ccc3Cl)C(C(=O)OC)=C2C)cc1. The van der Waals surface area contributed by atoms with Gasteiger partial charge in [0.15, 0.2) is 0 Å². The van der Waals surface area contributed by atoms with Crippen molar-refractivity contribution < 1.29 is 24.0 Å². The third-order valence-electron chi connectivity index (χ3n) is 4.69. The van der Waals surface area contributed by atoms with Crippen LogP contribution in [0, 0.1) is 10.1 Å². The van der Waals surface area contributed by atoms with Crippen LogP contribution in [0.2, 0.25) is 5.02 Å². The predicted molar refractivity (Wildman–Crippen MR) is 116 cm³/mol. The van der Waals surface area contributed by atoms with E-state index in [-0.39, 0.29) is 27.4 Å². The number of nitro groups is 1. The van der Waals surface area contributed by atoms with Gasteiger partial charge in [-0.05, 0) is 50.3 Å². The molecule has 0 aliphatic carbocycles. The lowest BCUT2D eigenvalue weighted by atomic mass is 10.0. The quantitative estimate of drug-likeness (QED) is 0.282. The van der Waals surface area contributed by atoms with Crippen molar-refractivity contribution in [1.29, 1.82) is 0 Å². The van der Waals surface area contributed by atoms with E-state index < -0.39 is 16.8 Å². The molecule has 2 aromatic rings. The summed E-state index contributed by atoms with van der Waals surface area (Å²) in [6.45, 7) is 3.99. The third kappa shape index (κ3) is 4.29. The molecule has 2 aromatic carbocycles. The third-order valence-corrected chi connectivity index (χ3v) is 5.03. The maximum Gasteiger partial charge on any atom is 0.340 e. The molecule has 31 heavy (non-hydrogen) atoms. The van der Waals surface area contributed by atoms with Gasteiger partial charge < -0.3 is 9.47 Å². The normalized spacial score (nSPS) is 14.9. The van der Waals surface area contributed by atoms with Gasteiger partial charge >= 0.3 is 5.97 Å². The number of esters is 1. The van der Waals surface area contributed by atoms with E-state index in [9.17, 15) is 19.7 Å². The van der Waals surface area contributed by atoms with Gasteiger partial charge in [0.05, 0.1) is 29.8 Å². The first-order valence-electron chi connectivity index (χ1n) is 9.31. The molecule has 0 N–H and O–H groups in total. The predicted octanol–water partition coefficient (Wildman–Crippen LogP) is 4.52. The highest BCUT2D eigenvalue weighted by atomic mass is 35.5. The fraction of sp³-hybridized carbons (Fsp3) is 0.182. The van der Waals surface area contributed by atoms with Crippen LogP contribution in [-0.2, 0) is 14.3 Å². The molecule has 0 unspecified atom stereocenters. The summed E-state index contributed by atoms with van der Waals surface area (Å²) in [6, 6.07) is 10.7. The highest BCUT2D eigenvalue weighted by Crippen LogP contribution is 2.37. The number of hydrogen-bond donors (Lipinski definition) is 0. The minimum Gasteiger partial charge on any atom is -0.494 e. The molecule has 0 saturated carbocycles. The van der Waals surface area contributed by atoms with E-state index in [1.54, 1.807) is 31.2 Å². The zero-order chi connectivity index (χ0) is 22.7. The van der Waals surface area contributed by atoms with Gasteiger partial charge in [0, 0.05) is 34.1 Å². The number of carbonyl (C=O) groups excluding carboxylic acids is 2. The fourth-order valence-electron chi connectivity index (χ4n) is 3.26. The number of anilines is 1. The molecule has 0 fully saturated rings. The van der Waals surface area contributed by atoms with Crippen molar-refractivity contribution >= 4 is 40.9 Å². The first-order valence-corrected chi connectivity index (χ1v) is 9.68. The lowest BCUT2D eigenvalue weighted by molar-refractivity contribution is -0.384. The van der Waals surface area contributed by atoms with E-state index in [0.29, 0.717) is 23.7 Å². The first kappa shape index (κ1) is 22.0. The lowest BCUT2D eigenvalue weighted by Crippen LogP contribution is -2.24. The van der Waals surface area contributed by atoms with Gasteiger partial charge in [-0.15, -0.1) is 0 Å². The van der Waals surface area contributed by atoms with E-state index in [4.69, 9.17) is 21.1 Å². The highest BCUT2D eigenvalue weighted by Gasteiger charge is 2.38. The molecular weight excluding hydrogens is 424 g/mol. The number of carbonyl (C=O) groups is 2. The largest absolute Gasteiger partial charge is 0.494 e.